The normalized spacial score (nSPS) is 9.50. The first-order valence-electron chi connectivity index (χ1n) is 3.42. The Morgan fingerprint density at radius 2 is 2.33 bits per heavy atom. The lowest BCUT2D eigenvalue weighted by molar-refractivity contribution is 0.112. The Morgan fingerprint density at radius 3 is 2.83 bits per heavy atom. The van der Waals surface area contributed by atoms with Crippen molar-refractivity contribution < 1.29 is 4.79 Å². The van der Waals surface area contributed by atoms with E-state index in [9.17, 15) is 4.79 Å². The highest BCUT2D eigenvalue weighted by atomic mass is 35.5. The molecule has 0 radical (unpaired) electrons. The molecule has 3 nitrogen and oxygen atoms in total. The number of carbonyl (C=O) groups excluding carboxylic acids is 1. The Balaban J connectivity index is 3.10. The smallest absolute Gasteiger partial charge is 0.152 e. The van der Waals surface area contributed by atoms with Gasteiger partial charge >= 0.3 is 0 Å². The van der Waals surface area contributed by atoms with Crippen LogP contribution in [0.3, 0.4) is 0 Å². The second kappa shape index (κ2) is 4.09. The predicted octanol–water partition coefficient (Wildman–Crippen LogP) is 1.52. The van der Waals surface area contributed by atoms with E-state index in [0.29, 0.717) is 17.1 Å². The van der Waals surface area contributed by atoms with Gasteiger partial charge < -0.3 is 5.43 Å². The molecule has 64 valence electrons. The summed E-state index contributed by atoms with van der Waals surface area (Å²) in [7, 11) is 0. The standard InChI is InChI=1S/C8H9ClN2O/c9-4-6-1-2-8(11-10)7(3-6)5-12/h1-3,5,11H,4,10H2. The van der Waals surface area contributed by atoms with Gasteiger partial charge in [-0.3, -0.25) is 10.6 Å². The second-order valence-corrected chi connectivity index (χ2v) is 2.58. The van der Waals surface area contributed by atoms with Crippen LogP contribution in [0.2, 0.25) is 0 Å². The monoisotopic (exact) mass is 184 g/mol. The quantitative estimate of drug-likeness (QED) is 0.324. The van der Waals surface area contributed by atoms with Crippen molar-refractivity contribution in [3.8, 4) is 0 Å². The summed E-state index contributed by atoms with van der Waals surface area (Å²) in [5, 5.41) is 0. The van der Waals surface area contributed by atoms with Gasteiger partial charge in [0.15, 0.2) is 6.29 Å². The van der Waals surface area contributed by atoms with E-state index in [-0.39, 0.29) is 0 Å². The van der Waals surface area contributed by atoms with Crippen LogP contribution in [0.5, 0.6) is 0 Å². The Morgan fingerprint density at radius 1 is 1.58 bits per heavy atom. The number of rotatable bonds is 3. The Labute approximate surface area is 75.5 Å². The molecule has 4 heteroatoms. The summed E-state index contributed by atoms with van der Waals surface area (Å²) < 4.78 is 0. The number of nitrogens with one attached hydrogen (secondary N) is 1. The Kier molecular flexibility index (Phi) is 3.08. The van der Waals surface area contributed by atoms with E-state index in [2.05, 4.69) is 5.43 Å². The van der Waals surface area contributed by atoms with Gasteiger partial charge in [0.05, 0.1) is 5.69 Å². The van der Waals surface area contributed by atoms with Gasteiger partial charge in [-0.15, -0.1) is 11.6 Å². The van der Waals surface area contributed by atoms with Crippen LogP contribution in [-0.4, -0.2) is 6.29 Å². The fourth-order valence-electron chi connectivity index (χ4n) is 0.924. The maximum Gasteiger partial charge on any atom is 0.152 e. The van der Waals surface area contributed by atoms with Crippen LogP contribution in [-0.2, 0) is 5.88 Å². The molecule has 0 saturated heterocycles. The molecule has 0 aliphatic heterocycles. The highest BCUT2D eigenvalue weighted by molar-refractivity contribution is 6.17. The highest BCUT2D eigenvalue weighted by Gasteiger charge is 2.00. The van der Waals surface area contributed by atoms with Crippen LogP contribution < -0.4 is 11.3 Å². The molecule has 0 aromatic heterocycles. The number of hydrogen-bond acceptors (Lipinski definition) is 3. The molecule has 0 atom stereocenters. The molecule has 0 bridgehead atoms. The van der Waals surface area contributed by atoms with Crippen LogP contribution in [0.15, 0.2) is 18.2 Å². The van der Waals surface area contributed by atoms with Crippen molar-refractivity contribution in [3.05, 3.63) is 29.3 Å². The lowest BCUT2D eigenvalue weighted by Gasteiger charge is -2.04. The molecule has 1 aromatic carbocycles. The SMILES string of the molecule is NNc1ccc(CCl)cc1C=O. The van der Waals surface area contributed by atoms with E-state index in [1.807, 2.05) is 6.07 Å². The largest absolute Gasteiger partial charge is 0.323 e. The van der Waals surface area contributed by atoms with E-state index < -0.39 is 0 Å². The number of alkyl halides is 1. The summed E-state index contributed by atoms with van der Waals surface area (Å²) in [5.41, 5.74) is 4.46. The third-order valence-corrected chi connectivity index (χ3v) is 1.86. The molecule has 0 aliphatic carbocycles. The third kappa shape index (κ3) is 1.75. The maximum atomic E-state index is 10.5. The molecule has 0 saturated carbocycles. The molecular weight excluding hydrogens is 176 g/mol. The lowest BCUT2D eigenvalue weighted by Crippen LogP contribution is -2.09. The van der Waals surface area contributed by atoms with Crippen LogP contribution in [0.4, 0.5) is 5.69 Å². The van der Waals surface area contributed by atoms with Crippen LogP contribution >= 0.6 is 11.6 Å². The first-order chi connectivity index (χ1) is 5.81. The van der Waals surface area contributed by atoms with Gasteiger partial charge in [0, 0.05) is 11.4 Å². The van der Waals surface area contributed by atoms with Gasteiger partial charge in [0.25, 0.3) is 0 Å². The average Bonchev–Trinajstić information content (AvgIpc) is 2.16. The van der Waals surface area contributed by atoms with E-state index >= 15 is 0 Å². The van der Waals surface area contributed by atoms with Gasteiger partial charge in [-0.2, -0.15) is 0 Å². The van der Waals surface area contributed by atoms with E-state index in [4.69, 9.17) is 17.4 Å². The number of hydrazine groups is 1. The molecule has 0 aliphatic rings. The van der Waals surface area contributed by atoms with Crippen molar-refractivity contribution in [1.29, 1.82) is 0 Å². The number of anilines is 1. The minimum Gasteiger partial charge on any atom is -0.323 e. The number of aldehydes is 1. The zero-order valence-corrected chi connectivity index (χ0v) is 7.14. The highest BCUT2D eigenvalue weighted by Crippen LogP contribution is 2.15. The van der Waals surface area contributed by atoms with Crippen molar-refractivity contribution in [2.45, 2.75) is 5.88 Å². The van der Waals surface area contributed by atoms with Gasteiger partial charge in [-0.05, 0) is 17.7 Å². The molecule has 0 fully saturated rings. The van der Waals surface area contributed by atoms with E-state index in [1.165, 1.54) is 0 Å². The number of hydrogen-bond donors (Lipinski definition) is 2. The predicted molar refractivity (Wildman–Crippen MR) is 49.2 cm³/mol. The van der Waals surface area contributed by atoms with E-state index in [1.54, 1.807) is 12.1 Å². The first kappa shape index (κ1) is 9.03. The lowest BCUT2D eigenvalue weighted by atomic mass is 10.1. The molecule has 0 amide bonds. The summed E-state index contributed by atoms with van der Waals surface area (Å²) in [6, 6.07) is 5.24. The summed E-state index contributed by atoms with van der Waals surface area (Å²) in [5.74, 6) is 5.57. The molecule has 1 rings (SSSR count). The fourth-order valence-corrected chi connectivity index (χ4v) is 1.09. The minimum atomic E-state index is 0.395. The minimum absolute atomic E-state index is 0.395. The van der Waals surface area contributed by atoms with Crippen LogP contribution in [0.1, 0.15) is 15.9 Å². The fraction of sp³-hybridized carbons (Fsp3) is 0.125. The van der Waals surface area contributed by atoms with Crippen molar-refractivity contribution in [2.75, 3.05) is 5.43 Å². The maximum absolute atomic E-state index is 10.5. The van der Waals surface area contributed by atoms with Crippen molar-refractivity contribution >= 4 is 23.6 Å². The first-order valence-corrected chi connectivity index (χ1v) is 3.96. The van der Waals surface area contributed by atoms with Gasteiger partial charge in [0.2, 0.25) is 0 Å². The molecule has 0 unspecified atom stereocenters. The number of nitrogens with two attached hydrogens (primary N) is 1. The summed E-state index contributed by atoms with van der Waals surface area (Å²) in [6.07, 6.45) is 0.741. The second-order valence-electron chi connectivity index (χ2n) is 2.32. The topological polar surface area (TPSA) is 55.1 Å². The molecule has 12 heavy (non-hydrogen) atoms. The average molecular weight is 185 g/mol. The molecule has 1 aromatic rings. The zero-order chi connectivity index (χ0) is 8.97. The third-order valence-electron chi connectivity index (χ3n) is 1.55. The molecule has 0 heterocycles. The number of carbonyl (C=O) groups is 1. The number of nitrogen functional groups attached to an aromatic ring is 1. The summed E-state index contributed by atoms with van der Waals surface area (Å²) in [4.78, 5) is 10.5. The zero-order valence-electron chi connectivity index (χ0n) is 6.38. The van der Waals surface area contributed by atoms with Crippen molar-refractivity contribution in [1.82, 2.24) is 0 Å². The van der Waals surface area contributed by atoms with Gasteiger partial charge in [0.1, 0.15) is 0 Å². The van der Waals surface area contributed by atoms with Crippen LogP contribution in [0.25, 0.3) is 0 Å². The number of benzene rings is 1. The van der Waals surface area contributed by atoms with Gasteiger partial charge in [-0.1, -0.05) is 6.07 Å². The Bertz CT molecular complexity index is 288. The van der Waals surface area contributed by atoms with Gasteiger partial charge in [-0.25, -0.2) is 0 Å². The van der Waals surface area contributed by atoms with Crippen molar-refractivity contribution in [2.24, 2.45) is 5.84 Å². The molecule has 3 N–H and O–H groups in total. The summed E-state index contributed by atoms with van der Waals surface area (Å²) >= 11 is 5.58. The molecular formula is C8H9ClN2O. The van der Waals surface area contributed by atoms with Crippen LogP contribution in [0, 0.1) is 0 Å². The van der Waals surface area contributed by atoms with Crippen molar-refractivity contribution in [3.63, 3.8) is 0 Å². The number of halogens is 1. The Hall–Kier alpha value is -1.06. The molecule has 0 spiro atoms. The van der Waals surface area contributed by atoms with E-state index in [0.717, 1.165) is 11.8 Å². The summed E-state index contributed by atoms with van der Waals surface area (Å²) in [6.45, 7) is 0.